The van der Waals surface area contributed by atoms with Crippen molar-refractivity contribution in [2.45, 2.75) is 0 Å². The summed E-state index contributed by atoms with van der Waals surface area (Å²) in [7, 11) is 1.51. The fourth-order valence-electron chi connectivity index (χ4n) is 1.63. The Kier molecular flexibility index (Phi) is 3.97. The lowest BCUT2D eigenvalue weighted by atomic mass is 10.3. The Morgan fingerprint density at radius 2 is 2.21 bits per heavy atom. The zero-order valence-corrected chi connectivity index (χ0v) is 10.7. The Morgan fingerprint density at radius 1 is 1.47 bits per heavy atom. The molecule has 0 aliphatic carbocycles. The van der Waals surface area contributed by atoms with Crippen molar-refractivity contribution < 1.29 is 9.53 Å². The minimum atomic E-state index is -0.286. The highest BCUT2D eigenvalue weighted by Gasteiger charge is 2.17. The highest BCUT2D eigenvalue weighted by atomic mass is 16.5. The standard InChI is InChI=1S/C14H15N3O2/c1-3-9-15-14(18)13-12(19-2)10-17(16-13)11-7-5-4-6-8-11/h3-8,10H,1,9H2,2H3,(H,15,18). The van der Waals surface area contributed by atoms with E-state index in [-0.39, 0.29) is 11.6 Å². The second-order valence-corrected chi connectivity index (χ2v) is 3.82. The van der Waals surface area contributed by atoms with Crippen molar-refractivity contribution in [3.05, 3.63) is 54.9 Å². The van der Waals surface area contributed by atoms with Gasteiger partial charge in [0, 0.05) is 6.54 Å². The van der Waals surface area contributed by atoms with Gasteiger partial charge >= 0.3 is 0 Å². The Bertz CT molecular complexity index is 576. The molecule has 1 aromatic carbocycles. The molecule has 5 heteroatoms. The van der Waals surface area contributed by atoms with Gasteiger partial charge in [0.2, 0.25) is 0 Å². The van der Waals surface area contributed by atoms with Crippen molar-refractivity contribution in [2.24, 2.45) is 0 Å². The zero-order valence-electron chi connectivity index (χ0n) is 10.7. The number of carbonyl (C=O) groups excluding carboxylic acids is 1. The molecule has 2 rings (SSSR count). The van der Waals surface area contributed by atoms with E-state index >= 15 is 0 Å². The molecule has 0 aliphatic heterocycles. The van der Waals surface area contributed by atoms with Crippen molar-refractivity contribution in [1.82, 2.24) is 15.1 Å². The van der Waals surface area contributed by atoms with Crippen LogP contribution < -0.4 is 10.1 Å². The Balaban J connectivity index is 2.32. The van der Waals surface area contributed by atoms with E-state index in [9.17, 15) is 4.79 Å². The number of para-hydroxylation sites is 1. The van der Waals surface area contributed by atoms with Gasteiger partial charge in [-0.05, 0) is 12.1 Å². The number of ether oxygens (including phenoxy) is 1. The van der Waals surface area contributed by atoms with E-state index in [1.807, 2.05) is 30.3 Å². The van der Waals surface area contributed by atoms with Gasteiger partial charge in [0.15, 0.2) is 11.4 Å². The molecule has 98 valence electrons. The predicted octanol–water partition coefficient (Wildman–Crippen LogP) is 1.80. The molecule has 1 amide bonds. The largest absolute Gasteiger partial charge is 0.493 e. The van der Waals surface area contributed by atoms with Crippen molar-refractivity contribution in [3.8, 4) is 11.4 Å². The number of benzene rings is 1. The first-order chi connectivity index (χ1) is 9.26. The summed E-state index contributed by atoms with van der Waals surface area (Å²) < 4.78 is 6.79. The second-order valence-electron chi connectivity index (χ2n) is 3.82. The quantitative estimate of drug-likeness (QED) is 0.831. The molecule has 0 bridgehead atoms. The van der Waals surface area contributed by atoms with E-state index in [2.05, 4.69) is 17.0 Å². The Hall–Kier alpha value is -2.56. The summed E-state index contributed by atoms with van der Waals surface area (Å²) in [6.07, 6.45) is 3.29. The number of amides is 1. The van der Waals surface area contributed by atoms with E-state index in [1.165, 1.54) is 7.11 Å². The summed E-state index contributed by atoms with van der Waals surface area (Å²) in [5.41, 5.74) is 1.12. The molecule has 0 fully saturated rings. The van der Waals surface area contributed by atoms with Gasteiger partial charge in [-0.3, -0.25) is 4.79 Å². The van der Waals surface area contributed by atoms with Crippen LogP contribution in [0.1, 0.15) is 10.5 Å². The molecule has 1 heterocycles. The fourth-order valence-corrected chi connectivity index (χ4v) is 1.63. The van der Waals surface area contributed by atoms with Gasteiger partial charge in [-0.2, -0.15) is 5.10 Å². The van der Waals surface area contributed by atoms with E-state index < -0.39 is 0 Å². The minimum Gasteiger partial charge on any atom is -0.493 e. The monoisotopic (exact) mass is 257 g/mol. The highest BCUT2D eigenvalue weighted by molar-refractivity contribution is 5.95. The molecule has 0 atom stereocenters. The maximum atomic E-state index is 11.9. The topological polar surface area (TPSA) is 56.2 Å². The fraction of sp³-hybridized carbons (Fsp3) is 0.143. The lowest BCUT2D eigenvalue weighted by Gasteiger charge is -2.00. The summed E-state index contributed by atoms with van der Waals surface area (Å²) >= 11 is 0. The highest BCUT2D eigenvalue weighted by Crippen LogP contribution is 2.19. The molecule has 0 aliphatic rings. The average molecular weight is 257 g/mol. The summed E-state index contributed by atoms with van der Waals surface area (Å²) in [5.74, 6) is 0.150. The lowest BCUT2D eigenvalue weighted by Crippen LogP contribution is -2.24. The van der Waals surface area contributed by atoms with E-state index in [0.717, 1.165) is 5.69 Å². The lowest BCUT2D eigenvalue weighted by molar-refractivity contribution is 0.0949. The summed E-state index contributed by atoms with van der Waals surface area (Å²) in [6, 6.07) is 9.53. The summed E-state index contributed by atoms with van der Waals surface area (Å²) in [5, 5.41) is 6.92. The molecule has 19 heavy (non-hydrogen) atoms. The number of hydrogen-bond acceptors (Lipinski definition) is 3. The molecule has 0 radical (unpaired) electrons. The first kappa shape index (κ1) is 12.9. The van der Waals surface area contributed by atoms with E-state index in [4.69, 9.17) is 4.74 Å². The van der Waals surface area contributed by atoms with Crippen LogP contribution in [-0.2, 0) is 0 Å². The van der Waals surface area contributed by atoms with Gasteiger partial charge < -0.3 is 10.1 Å². The van der Waals surface area contributed by atoms with Gasteiger partial charge in [-0.25, -0.2) is 4.68 Å². The number of carbonyl (C=O) groups is 1. The number of nitrogens with zero attached hydrogens (tertiary/aromatic N) is 2. The maximum Gasteiger partial charge on any atom is 0.275 e. The third kappa shape index (κ3) is 2.82. The maximum absolute atomic E-state index is 11.9. The van der Waals surface area contributed by atoms with Gasteiger partial charge in [-0.15, -0.1) is 6.58 Å². The first-order valence-electron chi connectivity index (χ1n) is 5.84. The third-order valence-corrected chi connectivity index (χ3v) is 2.54. The summed E-state index contributed by atoms with van der Waals surface area (Å²) in [4.78, 5) is 11.9. The van der Waals surface area contributed by atoms with Crippen molar-refractivity contribution in [3.63, 3.8) is 0 Å². The van der Waals surface area contributed by atoms with Gasteiger partial charge in [0.25, 0.3) is 5.91 Å². The van der Waals surface area contributed by atoms with E-state index in [0.29, 0.717) is 12.3 Å². The van der Waals surface area contributed by atoms with Crippen LogP contribution >= 0.6 is 0 Å². The van der Waals surface area contributed by atoms with Gasteiger partial charge in [0.05, 0.1) is 19.0 Å². The number of aromatic nitrogens is 2. The molecule has 0 spiro atoms. The van der Waals surface area contributed by atoms with Gasteiger partial charge in [-0.1, -0.05) is 24.3 Å². The number of nitrogens with one attached hydrogen (secondary N) is 1. The number of rotatable bonds is 5. The molecule has 0 saturated carbocycles. The Morgan fingerprint density at radius 3 is 2.84 bits per heavy atom. The summed E-state index contributed by atoms with van der Waals surface area (Å²) in [6.45, 7) is 3.94. The molecule has 5 nitrogen and oxygen atoms in total. The molecular formula is C14H15N3O2. The van der Waals surface area contributed by atoms with Crippen LogP contribution in [0.15, 0.2) is 49.2 Å². The molecular weight excluding hydrogens is 242 g/mol. The normalized spacial score (nSPS) is 9.95. The van der Waals surface area contributed by atoms with Crippen LogP contribution in [0.4, 0.5) is 0 Å². The second kappa shape index (κ2) is 5.86. The van der Waals surface area contributed by atoms with Crippen LogP contribution in [0.3, 0.4) is 0 Å². The van der Waals surface area contributed by atoms with Crippen LogP contribution in [0.5, 0.6) is 5.75 Å². The number of hydrogen-bond donors (Lipinski definition) is 1. The van der Waals surface area contributed by atoms with E-state index in [1.54, 1.807) is 17.0 Å². The molecule has 0 saturated heterocycles. The third-order valence-electron chi connectivity index (χ3n) is 2.54. The Labute approximate surface area is 111 Å². The number of methoxy groups -OCH3 is 1. The first-order valence-corrected chi connectivity index (χ1v) is 5.84. The zero-order chi connectivity index (χ0) is 13.7. The minimum absolute atomic E-state index is 0.258. The van der Waals surface area contributed by atoms with Crippen molar-refractivity contribution in [1.29, 1.82) is 0 Å². The molecule has 1 aromatic heterocycles. The van der Waals surface area contributed by atoms with Crippen LogP contribution in [0.25, 0.3) is 5.69 Å². The van der Waals surface area contributed by atoms with Crippen molar-refractivity contribution in [2.75, 3.05) is 13.7 Å². The molecule has 0 unspecified atom stereocenters. The molecule has 2 aromatic rings. The smallest absolute Gasteiger partial charge is 0.275 e. The van der Waals surface area contributed by atoms with Gasteiger partial charge in [0.1, 0.15) is 0 Å². The van der Waals surface area contributed by atoms with Crippen molar-refractivity contribution >= 4 is 5.91 Å². The average Bonchev–Trinajstić information content (AvgIpc) is 2.90. The predicted molar refractivity (Wildman–Crippen MR) is 72.6 cm³/mol. The molecule has 1 N–H and O–H groups in total. The van der Waals surface area contributed by atoms with Crippen LogP contribution in [0.2, 0.25) is 0 Å². The van der Waals surface area contributed by atoms with Crippen LogP contribution in [-0.4, -0.2) is 29.3 Å². The van der Waals surface area contributed by atoms with Crippen LogP contribution in [0, 0.1) is 0 Å². The SMILES string of the molecule is C=CCNC(=O)c1nn(-c2ccccc2)cc1OC.